The number of hydrogen-bond acceptors (Lipinski definition) is 2. The van der Waals surface area contributed by atoms with Crippen LogP contribution in [-0.4, -0.2) is 20.2 Å². The van der Waals surface area contributed by atoms with Crippen LogP contribution in [0, 0.1) is 6.92 Å². The SMILES string of the molecule is CNCCCCOc1ccc(Br)cc1C. The molecular formula is C12H18BrNO. The summed E-state index contributed by atoms with van der Waals surface area (Å²) in [7, 11) is 1.97. The lowest BCUT2D eigenvalue weighted by Gasteiger charge is -2.09. The van der Waals surface area contributed by atoms with Crippen LogP contribution in [0.1, 0.15) is 18.4 Å². The molecule has 1 aromatic rings. The molecule has 84 valence electrons. The summed E-state index contributed by atoms with van der Waals surface area (Å²) in [6.07, 6.45) is 2.25. The Morgan fingerprint density at radius 2 is 2.13 bits per heavy atom. The Balaban J connectivity index is 2.31. The predicted molar refractivity (Wildman–Crippen MR) is 67.5 cm³/mol. The molecule has 0 bridgehead atoms. The lowest BCUT2D eigenvalue weighted by molar-refractivity contribution is 0.304. The Hall–Kier alpha value is -0.540. The van der Waals surface area contributed by atoms with Gasteiger partial charge in [0.05, 0.1) is 6.61 Å². The average Bonchev–Trinajstić information content (AvgIpc) is 2.20. The Labute approximate surface area is 100 Å². The third kappa shape index (κ3) is 4.67. The quantitative estimate of drug-likeness (QED) is 0.803. The summed E-state index contributed by atoms with van der Waals surface area (Å²) >= 11 is 3.43. The minimum absolute atomic E-state index is 0.796. The Morgan fingerprint density at radius 1 is 1.33 bits per heavy atom. The third-order valence-electron chi connectivity index (χ3n) is 2.22. The zero-order chi connectivity index (χ0) is 11.1. The molecule has 2 nitrogen and oxygen atoms in total. The van der Waals surface area contributed by atoms with Crippen molar-refractivity contribution in [2.75, 3.05) is 20.2 Å². The van der Waals surface area contributed by atoms with Gasteiger partial charge in [0.15, 0.2) is 0 Å². The van der Waals surface area contributed by atoms with E-state index in [1.807, 2.05) is 19.2 Å². The molecule has 0 spiro atoms. The fraction of sp³-hybridized carbons (Fsp3) is 0.500. The molecule has 0 fully saturated rings. The molecule has 1 aromatic carbocycles. The van der Waals surface area contributed by atoms with E-state index in [0.29, 0.717) is 0 Å². The van der Waals surface area contributed by atoms with Gasteiger partial charge in [-0.3, -0.25) is 0 Å². The van der Waals surface area contributed by atoms with Crippen molar-refractivity contribution >= 4 is 15.9 Å². The van der Waals surface area contributed by atoms with Gasteiger partial charge in [-0.25, -0.2) is 0 Å². The highest BCUT2D eigenvalue weighted by Crippen LogP contribution is 2.22. The minimum atomic E-state index is 0.796. The second kappa shape index (κ2) is 6.85. The summed E-state index contributed by atoms with van der Waals surface area (Å²) < 4.78 is 6.79. The van der Waals surface area contributed by atoms with Gasteiger partial charge >= 0.3 is 0 Å². The monoisotopic (exact) mass is 271 g/mol. The zero-order valence-electron chi connectivity index (χ0n) is 9.35. The van der Waals surface area contributed by atoms with E-state index in [2.05, 4.69) is 34.2 Å². The van der Waals surface area contributed by atoms with Crippen LogP contribution in [0.3, 0.4) is 0 Å². The van der Waals surface area contributed by atoms with Crippen LogP contribution >= 0.6 is 15.9 Å². The van der Waals surface area contributed by atoms with Crippen LogP contribution < -0.4 is 10.1 Å². The van der Waals surface area contributed by atoms with Crippen molar-refractivity contribution in [3.05, 3.63) is 28.2 Å². The number of unbranched alkanes of at least 4 members (excludes halogenated alkanes) is 1. The topological polar surface area (TPSA) is 21.3 Å². The van der Waals surface area contributed by atoms with E-state index in [1.54, 1.807) is 0 Å². The second-order valence-electron chi connectivity index (χ2n) is 3.57. The first-order valence-electron chi connectivity index (χ1n) is 5.27. The van der Waals surface area contributed by atoms with Crippen LogP contribution in [-0.2, 0) is 0 Å². The van der Waals surface area contributed by atoms with Crippen LogP contribution in [0.15, 0.2) is 22.7 Å². The Morgan fingerprint density at radius 3 is 2.80 bits per heavy atom. The lowest BCUT2D eigenvalue weighted by Crippen LogP contribution is -2.09. The molecule has 0 aliphatic carbocycles. The molecule has 0 saturated heterocycles. The molecule has 0 radical (unpaired) electrons. The number of hydrogen-bond donors (Lipinski definition) is 1. The first-order valence-corrected chi connectivity index (χ1v) is 6.07. The van der Waals surface area contributed by atoms with E-state index in [-0.39, 0.29) is 0 Å². The van der Waals surface area contributed by atoms with Gasteiger partial charge in [0, 0.05) is 4.47 Å². The lowest BCUT2D eigenvalue weighted by atomic mass is 10.2. The van der Waals surface area contributed by atoms with E-state index < -0.39 is 0 Å². The van der Waals surface area contributed by atoms with Gasteiger partial charge in [-0.1, -0.05) is 15.9 Å². The molecule has 0 atom stereocenters. The fourth-order valence-corrected chi connectivity index (χ4v) is 1.84. The molecule has 0 saturated carbocycles. The van der Waals surface area contributed by atoms with Gasteiger partial charge < -0.3 is 10.1 Å². The molecule has 1 rings (SSSR count). The first-order chi connectivity index (χ1) is 7.24. The molecule has 15 heavy (non-hydrogen) atoms. The van der Waals surface area contributed by atoms with Crippen molar-refractivity contribution in [2.24, 2.45) is 0 Å². The van der Waals surface area contributed by atoms with Gasteiger partial charge in [0.2, 0.25) is 0 Å². The summed E-state index contributed by atoms with van der Waals surface area (Å²) in [6, 6.07) is 6.09. The molecule has 1 N–H and O–H groups in total. The van der Waals surface area contributed by atoms with Crippen molar-refractivity contribution in [1.29, 1.82) is 0 Å². The van der Waals surface area contributed by atoms with Crippen molar-refractivity contribution in [3.8, 4) is 5.75 Å². The first kappa shape index (κ1) is 12.5. The number of rotatable bonds is 6. The van der Waals surface area contributed by atoms with Crippen molar-refractivity contribution in [1.82, 2.24) is 5.32 Å². The van der Waals surface area contributed by atoms with Crippen molar-refractivity contribution < 1.29 is 4.74 Å². The van der Waals surface area contributed by atoms with Gasteiger partial charge in [-0.2, -0.15) is 0 Å². The number of aryl methyl sites for hydroxylation is 1. The smallest absolute Gasteiger partial charge is 0.122 e. The maximum atomic E-state index is 5.69. The van der Waals surface area contributed by atoms with Crippen LogP contribution in [0.2, 0.25) is 0 Å². The molecular weight excluding hydrogens is 254 g/mol. The highest BCUT2D eigenvalue weighted by atomic mass is 79.9. The molecule has 0 aliphatic rings. The van der Waals surface area contributed by atoms with Gasteiger partial charge in [0.25, 0.3) is 0 Å². The summed E-state index contributed by atoms with van der Waals surface area (Å²) in [5, 5.41) is 3.12. The number of nitrogens with one attached hydrogen (secondary N) is 1. The summed E-state index contributed by atoms with van der Waals surface area (Å²) in [5.74, 6) is 0.989. The van der Waals surface area contributed by atoms with E-state index in [9.17, 15) is 0 Å². The van der Waals surface area contributed by atoms with E-state index in [4.69, 9.17) is 4.74 Å². The maximum Gasteiger partial charge on any atom is 0.122 e. The summed E-state index contributed by atoms with van der Waals surface area (Å²) in [5.41, 5.74) is 1.18. The maximum absolute atomic E-state index is 5.69. The summed E-state index contributed by atoms with van der Waals surface area (Å²) in [4.78, 5) is 0. The Bertz CT molecular complexity index is 302. The average molecular weight is 272 g/mol. The molecule has 3 heteroatoms. The molecule has 0 amide bonds. The number of ether oxygens (including phenoxy) is 1. The van der Waals surface area contributed by atoms with Crippen LogP contribution in [0.5, 0.6) is 5.75 Å². The van der Waals surface area contributed by atoms with Crippen molar-refractivity contribution in [2.45, 2.75) is 19.8 Å². The standard InChI is InChI=1S/C12H18BrNO/c1-10-9-11(13)5-6-12(10)15-8-4-3-7-14-2/h5-6,9,14H,3-4,7-8H2,1-2H3. The third-order valence-corrected chi connectivity index (χ3v) is 2.71. The molecule has 0 aromatic heterocycles. The minimum Gasteiger partial charge on any atom is -0.493 e. The molecule has 0 aliphatic heterocycles. The van der Waals surface area contributed by atoms with Gasteiger partial charge in [-0.05, 0) is 57.1 Å². The van der Waals surface area contributed by atoms with E-state index >= 15 is 0 Å². The molecule has 0 heterocycles. The Kier molecular flexibility index (Phi) is 5.73. The summed E-state index contributed by atoms with van der Waals surface area (Å²) in [6.45, 7) is 3.92. The number of halogens is 1. The highest BCUT2D eigenvalue weighted by molar-refractivity contribution is 9.10. The highest BCUT2D eigenvalue weighted by Gasteiger charge is 1.99. The zero-order valence-corrected chi connectivity index (χ0v) is 10.9. The largest absolute Gasteiger partial charge is 0.493 e. The van der Waals surface area contributed by atoms with Crippen molar-refractivity contribution in [3.63, 3.8) is 0 Å². The van der Waals surface area contributed by atoms with Crippen LogP contribution in [0.25, 0.3) is 0 Å². The predicted octanol–water partition coefficient (Wildman–Crippen LogP) is 3.14. The molecule has 0 unspecified atom stereocenters. The number of benzene rings is 1. The van der Waals surface area contributed by atoms with E-state index in [0.717, 1.165) is 36.2 Å². The van der Waals surface area contributed by atoms with E-state index in [1.165, 1.54) is 5.56 Å². The van der Waals surface area contributed by atoms with Gasteiger partial charge in [0.1, 0.15) is 5.75 Å². The van der Waals surface area contributed by atoms with Crippen LogP contribution in [0.4, 0.5) is 0 Å². The second-order valence-corrected chi connectivity index (χ2v) is 4.48. The van der Waals surface area contributed by atoms with Gasteiger partial charge in [-0.15, -0.1) is 0 Å². The fourth-order valence-electron chi connectivity index (χ4n) is 1.36. The normalized spacial score (nSPS) is 10.3.